The van der Waals surface area contributed by atoms with Gasteiger partial charge in [0.25, 0.3) is 10.1 Å². The summed E-state index contributed by atoms with van der Waals surface area (Å²) in [5.74, 6) is 0. The molecule has 0 bridgehead atoms. The van der Waals surface area contributed by atoms with Gasteiger partial charge in [0.1, 0.15) is 19.1 Å². The standard InChI is InChI=1S/C17H28FO7PS/c1-13(2)24-26(19,25-14(3)4)12-22-16(10-18)11-23-27(20,21)17-8-6-15(5)7-9-17/h6-9,13-14,16H,10-12H2,1-5H3. The molecule has 0 radical (unpaired) electrons. The van der Waals surface area contributed by atoms with Crippen LogP contribution in [0.15, 0.2) is 29.2 Å². The van der Waals surface area contributed by atoms with Crippen molar-refractivity contribution in [3.63, 3.8) is 0 Å². The Morgan fingerprint density at radius 2 is 1.56 bits per heavy atom. The summed E-state index contributed by atoms with van der Waals surface area (Å²) < 4.78 is 70.9. The van der Waals surface area contributed by atoms with E-state index in [9.17, 15) is 17.4 Å². The summed E-state index contributed by atoms with van der Waals surface area (Å²) in [5.41, 5.74) is 0.893. The van der Waals surface area contributed by atoms with Crippen molar-refractivity contribution in [2.24, 2.45) is 0 Å². The topological polar surface area (TPSA) is 88.1 Å². The fourth-order valence-electron chi connectivity index (χ4n) is 2.00. The fourth-order valence-corrected chi connectivity index (χ4v) is 4.79. The molecule has 7 nitrogen and oxygen atoms in total. The molecular weight excluding hydrogens is 398 g/mol. The van der Waals surface area contributed by atoms with E-state index in [1.165, 1.54) is 12.1 Å². The van der Waals surface area contributed by atoms with Crippen molar-refractivity contribution in [3.05, 3.63) is 29.8 Å². The van der Waals surface area contributed by atoms with Gasteiger partial charge < -0.3 is 13.8 Å². The van der Waals surface area contributed by atoms with Crippen molar-refractivity contribution < 1.29 is 35.3 Å². The second-order valence-corrected chi connectivity index (χ2v) is 10.1. The van der Waals surface area contributed by atoms with E-state index >= 15 is 0 Å². The van der Waals surface area contributed by atoms with Crippen molar-refractivity contribution in [2.45, 2.75) is 57.8 Å². The molecule has 0 aliphatic rings. The van der Waals surface area contributed by atoms with E-state index < -0.39 is 43.4 Å². The van der Waals surface area contributed by atoms with Gasteiger partial charge in [0.05, 0.1) is 23.7 Å². The maximum atomic E-state index is 13.2. The Labute approximate surface area is 160 Å². The van der Waals surface area contributed by atoms with Gasteiger partial charge in [-0.15, -0.1) is 0 Å². The minimum absolute atomic E-state index is 0.0392. The number of benzene rings is 1. The third kappa shape index (κ3) is 8.81. The van der Waals surface area contributed by atoms with Gasteiger partial charge in [-0.3, -0.25) is 8.75 Å². The van der Waals surface area contributed by atoms with E-state index in [0.29, 0.717) is 0 Å². The zero-order valence-electron chi connectivity index (χ0n) is 16.3. The van der Waals surface area contributed by atoms with Crippen LogP contribution in [0.3, 0.4) is 0 Å². The Morgan fingerprint density at radius 3 is 2.00 bits per heavy atom. The Kier molecular flexibility index (Phi) is 9.54. The minimum atomic E-state index is -4.05. The average molecular weight is 426 g/mol. The van der Waals surface area contributed by atoms with Crippen molar-refractivity contribution in [1.82, 2.24) is 0 Å². The Bertz CT molecular complexity index is 705. The highest BCUT2D eigenvalue weighted by atomic mass is 32.2. The number of hydrogen-bond acceptors (Lipinski definition) is 7. The average Bonchev–Trinajstić information content (AvgIpc) is 2.53. The first-order chi connectivity index (χ1) is 12.5. The molecule has 0 N–H and O–H groups in total. The molecule has 0 saturated carbocycles. The minimum Gasteiger partial charge on any atom is -0.360 e. The predicted octanol–water partition coefficient (Wildman–Crippen LogP) is 4.06. The zero-order valence-corrected chi connectivity index (χ0v) is 18.0. The Balaban J connectivity index is 2.69. The van der Waals surface area contributed by atoms with Gasteiger partial charge in [0.2, 0.25) is 0 Å². The monoisotopic (exact) mass is 426 g/mol. The number of halogens is 1. The maximum Gasteiger partial charge on any atom is 0.356 e. The van der Waals surface area contributed by atoms with Gasteiger partial charge >= 0.3 is 7.60 Å². The van der Waals surface area contributed by atoms with Gasteiger partial charge in [0, 0.05) is 0 Å². The molecule has 156 valence electrons. The van der Waals surface area contributed by atoms with Crippen molar-refractivity contribution in [1.29, 1.82) is 0 Å². The molecule has 0 aliphatic heterocycles. The SMILES string of the molecule is Cc1ccc(S(=O)(=O)OCC(CF)OCP(=O)(OC(C)C)OC(C)C)cc1. The Hall–Kier alpha value is -0.830. The van der Waals surface area contributed by atoms with Crippen LogP contribution in [0.5, 0.6) is 0 Å². The lowest BCUT2D eigenvalue weighted by atomic mass is 10.2. The number of alkyl halides is 1. The first-order valence-corrected chi connectivity index (χ1v) is 11.7. The molecule has 0 spiro atoms. The predicted molar refractivity (Wildman–Crippen MR) is 100 cm³/mol. The van der Waals surface area contributed by atoms with Crippen molar-refractivity contribution in [3.8, 4) is 0 Å². The highest BCUT2D eigenvalue weighted by Crippen LogP contribution is 2.50. The van der Waals surface area contributed by atoms with Crippen molar-refractivity contribution in [2.75, 3.05) is 19.6 Å². The normalized spacial score (nSPS) is 14.1. The van der Waals surface area contributed by atoms with Crippen LogP contribution in [0, 0.1) is 6.92 Å². The summed E-state index contributed by atoms with van der Waals surface area (Å²) in [6.45, 7) is 6.96. The molecule has 0 aliphatic carbocycles. The second kappa shape index (κ2) is 10.6. The summed E-state index contributed by atoms with van der Waals surface area (Å²) >= 11 is 0. The smallest absolute Gasteiger partial charge is 0.356 e. The largest absolute Gasteiger partial charge is 0.360 e. The highest BCUT2D eigenvalue weighted by molar-refractivity contribution is 7.86. The molecule has 0 amide bonds. The van der Waals surface area contributed by atoms with Gasteiger partial charge in [-0.25, -0.2) is 4.39 Å². The first kappa shape index (κ1) is 24.2. The third-order valence-corrected chi connectivity index (χ3v) is 6.35. The maximum absolute atomic E-state index is 13.2. The number of rotatable bonds is 12. The molecule has 1 rings (SSSR count). The zero-order chi connectivity index (χ0) is 20.7. The number of ether oxygens (including phenoxy) is 1. The highest BCUT2D eigenvalue weighted by Gasteiger charge is 2.30. The molecule has 0 aromatic heterocycles. The van der Waals surface area contributed by atoms with Crippen LogP contribution in [0.25, 0.3) is 0 Å². The quantitative estimate of drug-likeness (QED) is 0.368. The van der Waals surface area contributed by atoms with Gasteiger partial charge in [-0.2, -0.15) is 8.42 Å². The number of hydrogen-bond donors (Lipinski definition) is 0. The summed E-state index contributed by atoms with van der Waals surface area (Å²) in [7, 11) is -7.67. The molecule has 1 aromatic rings. The molecule has 1 aromatic carbocycles. The van der Waals surface area contributed by atoms with E-state index in [1.807, 2.05) is 6.92 Å². The molecule has 27 heavy (non-hydrogen) atoms. The van der Waals surface area contributed by atoms with E-state index in [-0.39, 0.29) is 17.1 Å². The van der Waals surface area contributed by atoms with Crippen LogP contribution in [0.2, 0.25) is 0 Å². The van der Waals surface area contributed by atoms with Gasteiger partial charge in [-0.05, 0) is 46.8 Å². The summed E-state index contributed by atoms with van der Waals surface area (Å²) in [5, 5.41) is 0. The van der Waals surface area contributed by atoms with E-state index in [0.717, 1.165) is 5.56 Å². The summed E-state index contributed by atoms with van der Waals surface area (Å²) in [4.78, 5) is -0.0392. The third-order valence-electron chi connectivity index (χ3n) is 3.10. The molecular formula is C17H28FO7PS. The lowest BCUT2D eigenvalue weighted by molar-refractivity contribution is 0.0147. The lowest BCUT2D eigenvalue weighted by Gasteiger charge is -2.24. The molecule has 0 saturated heterocycles. The van der Waals surface area contributed by atoms with Crippen LogP contribution in [0.4, 0.5) is 4.39 Å². The first-order valence-electron chi connectivity index (χ1n) is 8.57. The molecule has 1 unspecified atom stereocenters. The fraction of sp³-hybridized carbons (Fsp3) is 0.647. The van der Waals surface area contributed by atoms with Crippen LogP contribution >= 0.6 is 7.60 Å². The molecule has 0 heterocycles. The van der Waals surface area contributed by atoms with E-state index in [1.54, 1.807) is 39.8 Å². The molecule has 0 fully saturated rings. The van der Waals surface area contributed by atoms with Crippen LogP contribution in [0.1, 0.15) is 33.3 Å². The van der Waals surface area contributed by atoms with E-state index in [2.05, 4.69) is 0 Å². The summed E-state index contributed by atoms with van der Waals surface area (Å²) in [6.07, 6.45) is -2.52. The van der Waals surface area contributed by atoms with Crippen LogP contribution < -0.4 is 0 Å². The van der Waals surface area contributed by atoms with Crippen LogP contribution in [-0.4, -0.2) is 46.4 Å². The van der Waals surface area contributed by atoms with Gasteiger partial charge in [0.15, 0.2) is 0 Å². The van der Waals surface area contributed by atoms with Crippen molar-refractivity contribution >= 4 is 17.7 Å². The number of aryl methyl sites for hydroxylation is 1. The van der Waals surface area contributed by atoms with Gasteiger partial charge in [-0.1, -0.05) is 17.7 Å². The van der Waals surface area contributed by atoms with Crippen LogP contribution in [-0.2, 0) is 32.7 Å². The summed E-state index contributed by atoms with van der Waals surface area (Å²) in [6, 6.07) is 6.05. The Morgan fingerprint density at radius 1 is 1.04 bits per heavy atom. The molecule has 1 atom stereocenters. The lowest BCUT2D eigenvalue weighted by Crippen LogP contribution is -2.26. The molecule has 10 heteroatoms. The second-order valence-electron chi connectivity index (χ2n) is 6.54. The van der Waals surface area contributed by atoms with E-state index in [4.69, 9.17) is 18.0 Å².